The van der Waals surface area contributed by atoms with Crippen LogP contribution in [-0.4, -0.2) is 102 Å². The average molecular weight is 609 g/mol. The van der Waals surface area contributed by atoms with Crippen molar-refractivity contribution in [3.63, 3.8) is 0 Å². The molecule has 2 aromatic heterocycles. The Kier molecular flexibility index (Phi) is 8.91. The van der Waals surface area contributed by atoms with Crippen LogP contribution in [0.25, 0.3) is 10.9 Å². The van der Waals surface area contributed by atoms with Crippen LogP contribution >= 0.6 is 11.6 Å². The number of anilines is 2. The topological polar surface area (TPSA) is 143 Å². The molecule has 43 heavy (non-hydrogen) atoms. The lowest BCUT2D eigenvalue weighted by Crippen LogP contribution is -2.48. The molecule has 5 rings (SSSR count). The number of nitrogens with one attached hydrogen (secondary N) is 1. The number of terminal acetylenes is 1. The zero-order chi connectivity index (χ0) is 30.7. The maximum absolute atomic E-state index is 14.5. The number of likely N-dealkylation sites (tertiary alicyclic amines) is 1. The highest BCUT2D eigenvalue weighted by atomic mass is 35.5. The largest absolute Gasteiger partial charge is 0.456 e. The minimum Gasteiger partial charge on any atom is -0.456 e. The summed E-state index contributed by atoms with van der Waals surface area (Å²) in [5.41, 5.74) is 6.26. The van der Waals surface area contributed by atoms with Crippen molar-refractivity contribution in [1.82, 2.24) is 24.8 Å². The molecule has 3 aromatic rings. The van der Waals surface area contributed by atoms with Crippen LogP contribution in [0.5, 0.6) is 17.6 Å². The number of rotatable bonds is 9. The van der Waals surface area contributed by atoms with E-state index in [1.807, 2.05) is 9.80 Å². The molecule has 2 aliphatic rings. The summed E-state index contributed by atoms with van der Waals surface area (Å²) in [5.74, 6) is 2.02. The molecule has 0 spiro atoms. The predicted molar refractivity (Wildman–Crippen MR) is 161 cm³/mol. The first-order chi connectivity index (χ1) is 20.8. The molecule has 1 amide bonds. The normalized spacial score (nSPS) is 18.8. The minimum atomic E-state index is -0.811. The summed E-state index contributed by atoms with van der Waals surface area (Å²) in [6.07, 6.45) is 8.53. The van der Waals surface area contributed by atoms with Gasteiger partial charge >= 0.3 is 6.01 Å². The molecule has 2 atom stereocenters. The van der Waals surface area contributed by atoms with Gasteiger partial charge in [0.1, 0.15) is 34.4 Å². The van der Waals surface area contributed by atoms with E-state index < -0.39 is 11.9 Å². The summed E-state index contributed by atoms with van der Waals surface area (Å²) >= 11 is 6.25. The van der Waals surface area contributed by atoms with Crippen LogP contribution < -0.4 is 20.1 Å². The fourth-order valence-corrected chi connectivity index (χ4v) is 5.36. The summed E-state index contributed by atoms with van der Waals surface area (Å²) in [4.78, 5) is 31.7. The Balaban J connectivity index is 1.58. The number of fused-ring (bicyclic) bond motifs is 1. The van der Waals surface area contributed by atoms with Gasteiger partial charge < -0.3 is 35.2 Å². The number of nitrogens with zero attached hydrogens (tertiary/aromatic N) is 6. The SMILES string of the molecule is C#CCN1C[C@@H](OC)[C@H](Oc2nc(N3CCN(C(=O)C=C)CC3)c3ccnc(Oc4c(Cl)c(F)cc(N)c4C=N)c3n2)C1. The summed E-state index contributed by atoms with van der Waals surface area (Å²) in [7, 11) is 1.60. The van der Waals surface area contributed by atoms with E-state index >= 15 is 0 Å². The average Bonchev–Trinajstić information content (AvgIpc) is 3.40. The maximum Gasteiger partial charge on any atom is 0.319 e. The van der Waals surface area contributed by atoms with Gasteiger partial charge in [0.2, 0.25) is 11.8 Å². The number of halogens is 2. The number of methoxy groups -OCH3 is 1. The molecule has 2 aliphatic heterocycles. The van der Waals surface area contributed by atoms with Crippen LogP contribution in [0, 0.1) is 23.6 Å². The zero-order valence-corrected chi connectivity index (χ0v) is 24.2. The number of benzene rings is 1. The third-order valence-electron chi connectivity index (χ3n) is 7.36. The third-order valence-corrected chi connectivity index (χ3v) is 7.71. The van der Waals surface area contributed by atoms with Crippen molar-refractivity contribution >= 4 is 46.1 Å². The van der Waals surface area contributed by atoms with E-state index in [4.69, 9.17) is 48.4 Å². The highest BCUT2D eigenvalue weighted by molar-refractivity contribution is 6.33. The molecule has 14 heteroatoms. The number of aromatic nitrogens is 3. The third kappa shape index (κ3) is 6.03. The molecule has 1 aromatic carbocycles. The second kappa shape index (κ2) is 12.8. The van der Waals surface area contributed by atoms with Crippen LogP contribution in [-0.2, 0) is 9.53 Å². The lowest BCUT2D eigenvalue weighted by atomic mass is 10.1. The molecule has 224 valence electrons. The van der Waals surface area contributed by atoms with Crippen molar-refractivity contribution < 1.29 is 23.4 Å². The summed E-state index contributed by atoms with van der Waals surface area (Å²) in [6.45, 7) is 6.96. The monoisotopic (exact) mass is 608 g/mol. The van der Waals surface area contributed by atoms with E-state index in [9.17, 15) is 9.18 Å². The van der Waals surface area contributed by atoms with Gasteiger partial charge in [-0.15, -0.1) is 6.42 Å². The van der Waals surface area contributed by atoms with E-state index in [-0.39, 0.29) is 51.4 Å². The van der Waals surface area contributed by atoms with Crippen molar-refractivity contribution in [2.45, 2.75) is 12.2 Å². The van der Waals surface area contributed by atoms with Crippen molar-refractivity contribution in [3.05, 3.63) is 47.4 Å². The van der Waals surface area contributed by atoms with Crippen LogP contribution in [0.4, 0.5) is 15.9 Å². The second-order valence-corrected chi connectivity index (χ2v) is 10.3. The first kappa shape index (κ1) is 30.0. The van der Waals surface area contributed by atoms with Crippen molar-refractivity contribution in [3.8, 4) is 30.0 Å². The van der Waals surface area contributed by atoms with E-state index in [2.05, 4.69) is 22.5 Å². The fourth-order valence-electron chi connectivity index (χ4n) is 5.16. The van der Waals surface area contributed by atoms with Gasteiger partial charge in [0, 0.05) is 64.5 Å². The Labute approximate surface area is 252 Å². The van der Waals surface area contributed by atoms with Crippen LogP contribution in [0.1, 0.15) is 5.56 Å². The lowest BCUT2D eigenvalue weighted by molar-refractivity contribution is -0.126. The molecule has 12 nitrogen and oxygen atoms in total. The van der Waals surface area contributed by atoms with E-state index in [0.717, 1.165) is 12.3 Å². The van der Waals surface area contributed by atoms with Crippen molar-refractivity contribution in [1.29, 1.82) is 5.41 Å². The first-order valence-corrected chi connectivity index (χ1v) is 13.8. The summed E-state index contributed by atoms with van der Waals surface area (Å²) in [5, 5.41) is 8.00. The number of hydrogen-bond donors (Lipinski definition) is 2. The number of amides is 1. The maximum atomic E-state index is 14.5. The van der Waals surface area contributed by atoms with Gasteiger partial charge in [-0.2, -0.15) is 9.97 Å². The van der Waals surface area contributed by atoms with E-state index in [1.165, 1.54) is 12.3 Å². The molecule has 3 N–H and O–H groups in total. The van der Waals surface area contributed by atoms with Gasteiger partial charge in [0.25, 0.3) is 0 Å². The van der Waals surface area contributed by atoms with Gasteiger partial charge in [0.05, 0.1) is 17.5 Å². The molecule has 0 bridgehead atoms. The van der Waals surface area contributed by atoms with Crippen LogP contribution in [0.15, 0.2) is 31.0 Å². The second-order valence-electron chi connectivity index (χ2n) is 9.94. The lowest BCUT2D eigenvalue weighted by Gasteiger charge is -2.35. The Bertz CT molecular complexity index is 1610. The smallest absolute Gasteiger partial charge is 0.319 e. The van der Waals surface area contributed by atoms with Crippen molar-refractivity contribution in [2.75, 3.05) is 63.6 Å². The van der Waals surface area contributed by atoms with Crippen LogP contribution in [0.2, 0.25) is 5.02 Å². The van der Waals surface area contributed by atoms with Gasteiger partial charge in [-0.05, 0) is 18.2 Å². The molecule has 0 saturated carbocycles. The number of carbonyl (C=O) groups excluding carboxylic acids is 1. The number of hydrogen-bond acceptors (Lipinski definition) is 11. The number of piperazine rings is 1. The van der Waals surface area contributed by atoms with Crippen molar-refractivity contribution in [2.24, 2.45) is 0 Å². The Morgan fingerprint density at radius 2 is 2.05 bits per heavy atom. The molecule has 0 radical (unpaired) electrons. The molecule has 4 heterocycles. The zero-order valence-electron chi connectivity index (χ0n) is 23.4. The minimum absolute atomic E-state index is 0.0230. The fraction of sp³-hybridized carbons (Fsp3) is 0.345. The van der Waals surface area contributed by atoms with Gasteiger partial charge in [-0.25, -0.2) is 9.37 Å². The highest BCUT2D eigenvalue weighted by Gasteiger charge is 2.35. The summed E-state index contributed by atoms with van der Waals surface area (Å²) < 4.78 is 32.5. The predicted octanol–water partition coefficient (Wildman–Crippen LogP) is 2.74. The Hall–Kier alpha value is -4.51. The molecular weight excluding hydrogens is 579 g/mol. The molecule has 2 saturated heterocycles. The van der Waals surface area contributed by atoms with Gasteiger partial charge in [-0.1, -0.05) is 24.1 Å². The molecule has 0 unspecified atom stereocenters. The van der Waals surface area contributed by atoms with Crippen LogP contribution in [0.3, 0.4) is 0 Å². The number of ether oxygens (including phenoxy) is 3. The quantitative estimate of drug-likeness (QED) is 0.161. The molecular formula is C29H30ClFN8O4. The first-order valence-electron chi connectivity index (χ1n) is 13.4. The summed E-state index contributed by atoms with van der Waals surface area (Å²) in [6, 6.07) is 2.78. The number of nitrogens with two attached hydrogens (primary N) is 1. The molecule has 0 aliphatic carbocycles. The Morgan fingerprint density at radius 3 is 2.72 bits per heavy atom. The van der Waals surface area contributed by atoms with E-state index in [0.29, 0.717) is 57.0 Å². The van der Waals surface area contributed by atoms with Gasteiger partial charge in [0.15, 0.2) is 5.75 Å². The standard InChI is InChI=1S/C29H30ClFN8O4/c1-4-8-37-15-21(41-3)22(16-37)42-29-35-25-17(27(36-29)39-11-9-38(10-12-39)23(40)5-2)6-7-34-28(25)43-26-18(14-32)20(33)13-19(31)24(26)30/h1,5-7,13-14,21-22,32H,2,8-12,15-16,33H2,3H3/t21-,22-/m1/s1. The number of carbonyl (C=O) groups is 1. The number of pyridine rings is 1. The highest BCUT2D eigenvalue weighted by Crippen LogP contribution is 2.40. The molecule has 2 fully saturated rings. The van der Waals surface area contributed by atoms with E-state index in [1.54, 1.807) is 18.1 Å². The Morgan fingerprint density at radius 1 is 1.30 bits per heavy atom. The number of nitrogen functional groups attached to an aromatic ring is 1. The van der Waals surface area contributed by atoms with Gasteiger partial charge in [-0.3, -0.25) is 9.69 Å².